The summed E-state index contributed by atoms with van der Waals surface area (Å²) < 4.78 is 1.84. The normalized spacial score (nSPS) is 10.6. The number of rotatable bonds is 5. The van der Waals surface area contributed by atoms with Gasteiger partial charge in [-0.15, -0.1) is 0 Å². The van der Waals surface area contributed by atoms with E-state index in [1.807, 2.05) is 10.8 Å². The Morgan fingerprint density at radius 1 is 1.31 bits per heavy atom. The molecule has 0 aromatic carbocycles. The predicted molar refractivity (Wildman–Crippen MR) is 61.2 cm³/mol. The molecular weight excluding hydrogens is 202 g/mol. The van der Waals surface area contributed by atoms with E-state index in [4.69, 9.17) is 0 Å². The van der Waals surface area contributed by atoms with Crippen LogP contribution in [0.3, 0.4) is 0 Å². The standard InChI is InChI=1S/C11H15N5/c1-2-3-12-6-10-7-14-8-11(15-10)16-5-4-13-9-16/h4-5,7-9,12H,2-3,6H2,1H3. The maximum atomic E-state index is 4.48. The molecule has 0 radical (unpaired) electrons. The van der Waals surface area contributed by atoms with Crippen LogP contribution in [-0.2, 0) is 6.54 Å². The molecule has 5 nitrogen and oxygen atoms in total. The zero-order valence-corrected chi connectivity index (χ0v) is 9.30. The quantitative estimate of drug-likeness (QED) is 0.764. The highest BCUT2D eigenvalue weighted by atomic mass is 15.1. The summed E-state index contributed by atoms with van der Waals surface area (Å²) in [6.07, 6.45) is 9.92. The van der Waals surface area contributed by atoms with Crippen LogP contribution in [-0.4, -0.2) is 26.1 Å². The number of hydrogen-bond acceptors (Lipinski definition) is 4. The topological polar surface area (TPSA) is 55.6 Å². The fourth-order valence-corrected chi connectivity index (χ4v) is 1.39. The van der Waals surface area contributed by atoms with E-state index in [2.05, 4.69) is 27.2 Å². The smallest absolute Gasteiger partial charge is 0.156 e. The Labute approximate surface area is 94.6 Å². The molecule has 0 spiro atoms. The minimum Gasteiger partial charge on any atom is -0.311 e. The van der Waals surface area contributed by atoms with Crippen molar-refractivity contribution in [2.24, 2.45) is 0 Å². The minimum atomic E-state index is 0.753. The van der Waals surface area contributed by atoms with Gasteiger partial charge in [0.2, 0.25) is 0 Å². The lowest BCUT2D eigenvalue weighted by molar-refractivity contribution is 0.660. The monoisotopic (exact) mass is 217 g/mol. The van der Waals surface area contributed by atoms with Gasteiger partial charge in [-0.2, -0.15) is 0 Å². The molecule has 0 saturated heterocycles. The molecular formula is C11H15N5. The fourth-order valence-electron chi connectivity index (χ4n) is 1.39. The van der Waals surface area contributed by atoms with E-state index >= 15 is 0 Å². The molecule has 0 aliphatic rings. The first kappa shape index (κ1) is 10.8. The van der Waals surface area contributed by atoms with E-state index in [0.717, 1.165) is 31.0 Å². The molecule has 0 atom stereocenters. The van der Waals surface area contributed by atoms with Crippen molar-refractivity contribution in [3.63, 3.8) is 0 Å². The third-order valence-corrected chi connectivity index (χ3v) is 2.17. The average Bonchev–Trinajstić information content (AvgIpc) is 2.83. The van der Waals surface area contributed by atoms with Crippen LogP contribution in [0.15, 0.2) is 31.1 Å². The summed E-state index contributed by atoms with van der Waals surface area (Å²) in [5.41, 5.74) is 0.944. The van der Waals surface area contributed by atoms with Crippen molar-refractivity contribution < 1.29 is 0 Å². The molecule has 2 rings (SSSR count). The van der Waals surface area contributed by atoms with Crippen LogP contribution in [0, 0.1) is 0 Å². The molecule has 0 aliphatic carbocycles. The summed E-state index contributed by atoms with van der Waals surface area (Å²) in [5, 5.41) is 3.30. The van der Waals surface area contributed by atoms with Crippen molar-refractivity contribution in [2.75, 3.05) is 6.54 Å². The summed E-state index contributed by atoms with van der Waals surface area (Å²) in [5.74, 6) is 0.799. The zero-order chi connectivity index (χ0) is 11.2. The Morgan fingerprint density at radius 3 is 3.00 bits per heavy atom. The maximum Gasteiger partial charge on any atom is 0.156 e. The van der Waals surface area contributed by atoms with Crippen LogP contribution in [0.5, 0.6) is 0 Å². The van der Waals surface area contributed by atoms with E-state index in [1.54, 1.807) is 24.9 Å². The predicted octanol–water partition coefficient (Wildman–Crippen LogP) is 1.16. The van der Waals surface area contributed by atoms with Gasteiger partial charge in [-0.05, 0) is 13.0 Å². The van der Waals surface area contributed by atoms with Crippen molar-refractivity contribution in [1.82, 2.24) is 24.8 Å². The Morgan fingerprint density at radius 2 is 2.25 bits per heavy atom. The van der Waals surface area contributed by atoms with E-state index in [9.17, 15) is 0 Å². The molecule has 84 valence electrons. The molecule has 1 N–H and O–H groups in total. The lowest BCUT2D eigenvalue weighted by Gasteiger charge is -2.04. The van der Waals surface area contributed by atoms with Crippen molar-refractivity contribution in [1.29, 1.82) is 0 Å². The average molecular weight is 217 g/mol. The Kier molecular flexibility index (Phi) is 3.61. The second-order valence-corrected chi connectivity index (χ2v) is 3.52. The van der Waals surface area contributed by atoms with E-state index in [0.29, 0.717) is 0 Å². The molecule has 0 unspecified atom stereocenters. The van der Waals surface area contributed by atoms with E-state index in [1.165, 1.54) is 0 Å². The van der Waals surface area contributed by atoms with Gasteiger partial charge in [0.05, 0.1) is 11.9 Å². The second-order valence-electron chi connectivity index (χ2n) is 3.52. The summed E-state index contributed by atoms with van der Waals surface area (Å²) in [6.45, 7) is 3.89. The molecule has 5 heteroatoms. The van der Waals surface area contributed by atoms with Crippen molar-refractivity contribution in [3.8, 4) is 5.82 Å². The molecule has 0 aliphatic heterocycles. The van der Waals surface area contributed by atoms with Crippen LogP contribution >= 0.6 is 0 Å². The van der Waals surface area contributed by atoms with Gasteiger partial charge in [-0.3, -0.25) is 9.55 Å². The molecule has 0 saturated carbocycles. The van der Waals surface area contributed by atoms with E-state index < -0.39 is 0 Å². The number of nitrogens with zero attached hydrogens (tertiary/aromatic N) is 4. The molecule has 2 aromatic rings. The van der Waals surface area contributed by atoms with Gasteiger partial charge in [0.25, 0.3) is 0 Å². The maximum absolute atomic E-state index is 4.48. The van der Waals surface area contributed by atoms with Crippen LogP contribution in [0.1, 0.15) is 19.0 Å². The zero-order valence-electron chi connectivity index (χ0n) is 9.30. The first-order valence-corrected chi connectivity index (χ1v) is 5.40. The van der Waals surface area contributed by atoms with Gasteiger partial charge in [0, 0.05) is 25.1 Å². The largest absolute Gasteiger partial charge is 0.311 e. The van der Waals surface area contributed by atoms with Crippen LogP contribution in [0.25, 0.3) is 5.82 Å². The minimum absolute atomic E-state index is 0.753. The highest BCUT2D eigenvalue weighted by Crippen LogP contribution is 2.02. The molecule has 0 amide bonds. The third-order valence-electron chi connectivity index (χ3n) is 2.17. The number of aromatic nitrogens is 4. The summed E-state index contributed by atoms with van der Waals surface area (Å²) >= 11 is 0. The molecule has 2 heterocycles. The fraction of sp³-hybridized carbons (Fsp3) is 0.364. The van der Waals surface area contributed by atoms with Crippen LogP contribution in [0.2, 0.25) is 0 Å². The SMILES string of the molecule is CCCNCc1cncc(-n2ccnc2)n1. The second kappa shape index (κ2) is 5.37. The van der Waals surface area contributed by atoms with E-state index in [-0.39, 0.29) is 0 Å². The number of imidazole rings is 1. The first-order chi connectivity index (χ1) is 7.90. The van der Waals surface area contributed by atoms with Crippen molar-refractivity contribution in [3.05, 3.63) is 36.8 Å². The first-order valence-electron chi connectivity index (χ1n) is 5.40. The molecule has 0 fully saturated rings. The summed E-state index contributed by atoms with van der Waals surface area (Å²) in [6, 6.07) is 0. The highest BCUT2D eigenvalue weighted by molar-refractivity contribution is 5.19. The molecule has 2 aromatic heterocycles. The van der Waals surface area contributed by atoms with Gasteiger partial charge in [-0.1, -0.05) is 6.92 Å². The lowest BCUT2D eigenvalue weighted by atomic mass is 10.4. The number of hydrogen-bond donors (Lipinski definition) is 1. The highest BCUT2D eigenvalue weighted by Gasteiger charge is 1.99. The molecule has 0 bridgehead atoms. The summed E-state index contributed by atoms with van der Waals surface area (Å²) in [7, 11) is 0. The van der Waals surface area contributed by atoms with Crippen LogP contribution in [0.4, 0.5) is 0 Å². The van der Waals surface area contributed by atoms with Gasteiger partial charge in [-0.25, -0.2) is 9.97 Å². The Hall–Kier alpha value is -1.75. The van der Waals surface area contributed by atoms with Gasteiger partial charge in [0.1, 0.15) is 6.33 Å². The van der Waals surface area contributed by atoms with Gasteiger partial charge >= 0.3 is 0 Å². The third kappa shape index (κ3) is 2.64. The number of nitrogens with one attached hydrogen (secondary N) is 1. The van der Waals surface area contributed by atoms with Gasteiger partial charge in [0.15, 0.2) is 5.82 Å². The lowest BCUT2D eigenvalue weighted by Crippen LogP contribution is -2.15. The van der Waals surface area contributed by atoms with Crippen molar-refractivity contribution >= 4 is 0 Å². The Bertz CT molecular complexity index is 424. The van der Waals surface area contributed by atoms with Gasteiger partial charge < -0.3 is 5.32 Å². The Balaban J connectivity index is 2.08. The van der Waals surface area contributed by atoms with Crippen LogP contribution < -0.4 is 5.32 Å². The van der Waals surface area contributed by atoms with Crippen molar-refractivity contribution in [2.45, 2.75) is 19.9 Å². The summed E-state index contributed by atoms with van der Waals surface area (Å²) in [4.78, 5) is 12.6. The molecule has 16 heavy (non-hydrogen) atoms.